The Bertz CT molecular complexity index is 529. The number of rotatable bonds is 4. The number of amides is 1. The van der Waals surface area contributed by atoms with Gasteiger partial charge in [0.1, 0.15) is 0 Å². The van der Waals surface area contributed by atoms with Gasteiger partial charge in [-0.1, -0.05) is 19.1 Å². The minimum atomic E-state index is -0.982. The fourth-order valence-electron chi connectivity index (χ4n) is 2.35. The summed E-state index contributed by atoms with van der Waals surface area (Å²) < 4.78 is 0. The molecule has 5 nitrogen and oxygen atoms in total. The van der Waals surface area contributed by atoms with Crippen molar-refractivity contribution in [3.8, 4) is 0 Å². The summed E-state index contributed by atoms with van der Waals surface area (Å²) in [5.41, 5.74) is 1.41. The summed E-state index contributed by atoms with van der Waals surface area (Å²) >= 11 is 0. The molecule has 0 spiro atoms. The topological polar surface area (TPSA) is 60.9 Å². The molecule has 1 saturated heterocycles. The van der Waals surface area contributed by atoms with Gasteiger partial charge in [0.2, 0.25) is 0 Å². The van der Waals surface area contributed by atoms with Crippen LogP contribution in [-0.2, 0) is 4.79 Å². The van der Waals surface area contributed by atoms with Crippen LogP contribution in [0.2, 0.25) is 0 Å². The first-order chi connectivity index (χ1) is 10.1. The van der Waals surface area contributed by atoms with Gasteiger partial charge in [0, 0.05) is 37.8 Å². The van der Waals surface area contributed by atoms with Crippen LogP contribution in [0.1, 0.15) is 22.8 Å². The van der Waals surface area contributed by atoms with E-state index in [4.69, 9.17) is 5.11 Å². The van der Waals surface area contributed by atoms with Gasteiger partial charge >= 0.3 is 5.97 Å². The zero-order chi connectivity index (χ0) is 15.2. The molecule has 1 aromatic rings. The number of carbonyl (C=O) groups excluding carboxylic acids is 1. The maximum absolute atomic E-state index is 12.4. The van der Waals surface area contributed by atoms with Gasteiger partial charge in [-0.25, -0.2) is 4.79 Å². The lowest BCUT2D eigenvalue weighted by molar-refractivity contribution is -0.131. The summed E-state index contributed by atoms with van der Waals surface area (Å²) in [5.74, 6) is -0.941. The van der Waals surface area contributed by atoms with Crippen molar-refractivity contribution in [1.29, 1.82) is 0 Å². The molecular weight excluding hydrogens is 268 g/mol. The van der Waals surface area contributed by atoms with Crippen molar-refractivity contribution < 1.29 is 14.7 Å². The fourth-order valence-corrected chi connectivity index (χ4v) is 2.35. The highest BCUT2D eigenvalue weighted by Crippen LogP contribution is 2.11. The van der Waals surface area contributed by atoms with E-state index in [2.05, 4.69) is 11.8 Å². The van der Waals surface area contributed by atoms with Crippen molar-refractivity contribution in [1.82, 2.24) is 9.80 Å². The largest absolute Gasteiger partial charge is 0.478 e. The fraction of sp³-hybridized carbons (Fsp3) is 0.375. The Balaban J connectivity index is 1.98. The lowest BCUT2D eigenvalue weighted by Crippen LogP contribution is -2.48. The monoisotopic (exact) mass is 288 g/mol. The predicted octanol–water partition coefficient (Wildman–Crippen LogP) is 1.56. The van der Waals surface area contributed by atoms with E-state index >= 15 is 0 Å². The van der Waals surface area contributed by atoms with Gasteiger partial charge in [0.05, 0.1) is 0 Å². The minimum absolute atomic E-state index is 0.0412. The average molecular weight is 288 g/mol. The molecule has 112 valence electrons. The van der Waals surface area contributed by atoms with E-state index in [1.165, 1.54) is 6.08 Å². The first-order valence-corrected chi connectivity index (χ1v) is 7.13. The quantitative estimate of drug-likeness (QED) is 0.854. The molecule has 1 N–H and O–H groups in total. The second-order valence-electron chi connectivity index (χ2n) is 5.02. The van der Waals surface area contributed by atoms with Gasteiger partial charge in [-0.2, -0.15) is 0 Å². The Kier molecular flexibility index (Phi) is 5.11. The second kappa shape index (κ2) is 7.04. The molecular formula is C16H20N2O3. The van der Waals surface area contributed by atoms with Crippen LogP contribution in [0.4, 0.5) is 0 Å². The molecule has 1 amide bonds. The highest BCUT2D eigenvalue weighted by Gasteiger charge is 2.20. The van der Waals surface area contributed by atoms with Gasteiger partial charge < -0.3 is 14.9 Å². The molecule has 0 radical (unpaired) electrons. The molecule has 1 aliphatic heterocycles. The summed E-state index contributed by atoms with van der Waals surface area (Å²) in [5, 5.41) is 8.58. The summed E-state index contributed by atoms with van der Waals surface area (Å²) in [6.07, 6.45) is 2.59. The molecule has 0 bridgehead atoms. The van der Waals surface area contributed by atoms with Crippen LogP contribution < -0.4 is 0 Å². The molecule has 1 fully saturated rings. The summed E-state index contributed by atoms with van der Waals surface area (Å²) in [4.78, 5) is 27.0. The smallest absolute Gasteiger partial charge is 0.328 e. The minimum Gasteiger partial charge on any atom is -0.478 e. The van der Waals surface area contributed by atoms with Gasteiger partial charge in [0.15, 0.2) is 0 Å². The van der Waals surface area contributed by atoms with E-state index in [9.17, 15) is 9.59 Å². The van der Waals surface area contributed by atoms with Crippen LogP contribution in [0.25, 0.3) is 6.08 Å². The maximum atomic E-state index is 12.4. The highest BCUT2D eigenvalue weighted by molar-refractivity contribution is 5.94. The molecule has 5 heteroatoms. The van der Waals surface area contributed by atoms with Crippen LogP contribution in [0.5, 0.6) is 0 Å². The number of piperazine rings is 1. The standard InChI is InChI=1S/C16H20N2O3/c1-2-17-9-11-18(12-10-17)16(21)14-6-3-13(4-7-14)5-8-15(19)20/h3-8H,2,9-12H2,1H3,(H,19,20). The normalized spacial score (nSPS) is 16.3. The molecule has 0 aromatic heterocycles. The lowest BCUT2D eigenvalue weighted by Gasteiger charge is -2.34. The Morgan fingerprint density at radius 2 is 1.76 bits per heavy atom. The van der Waals surface area contributed by atoms with Gasteiger partial charge in [-0.05, 0) is 30.3 Å². The third kappa shape index (κ3) is 4.16. The zero-order valence-electron chi connectivity index (χ0n) is 12.2. The van der Waals surface area contributed by atoms with Crippen molar-refractivity contribution in [2.45, 2.75) is 6.92 Å². The molecule has 21 heavy (non-hydrogen) atoms. The van der Waals surface area contributed by atoms with Crippen molar-refractivity contribution >= 4 is 18.0 Å². The van der Waals surface area contributed by atoms with Gasteiger partial charge in [-0.15, -0.1) is 0 Å². The van der Waals surface area contributed by atoms with Crippen LogP contribution >= 0.6 is 0 Å². The second-order valence-corrected chi connectivity index (χ2v) is 5.02. The third-order valence-electron chi connectivity index (χ3n) is 3.68. The Morgan fingerprint density at radius 3 is 2.29 bits per heavy atom. The molecule has 1 heterocycles. The van der Waals surface area contributed by atoms with Crippen molar-refractivity contribution in [2.75, 3.05) is 32.7 Å². The summed E-state index contributed by atoms with van der Waals surface area (Å²) in [6, 6.07) is 7.01. The number of likely N-dealkylation sites (N-methyl/N-ethyl adjacent to an activating group) is 1. The number of nitrogens with zero attached hydrogens (tertiary/aromatic N) is 2. The summed E-state index contributed by atoms with van der Waals surface area (Å²) in [6.45, 7) is 6.50. The summed E-state index contributed by atoms with van der Waals surface area (Å²) in [7, 11) is 0. The molecule has 0 unspecified atom stereocenters. The number of carboxylic acid groups (broad SMARTS) is 1. The number of hydrogen-bond donors (Lipinski definition) is 1. The third-order valence-corrected chi connectivity index (χ3v) is 3.68. The van der Waals surface area contributed by atoms with Crippen molar-refractivity contribution in [3.63, 3.8) is 0 Å². The van der Waals surface area contributed by atoms with Gasteiger partial charge in [-0.3, -0.25) is 4.79 Å². The van der Waals surface area contributed by atoms with Crippen molar-refractivity contribution in [2.24, 2.45) is 0 Å². The van der Waals surface area contributed by atoms with E-state index in [0.29, 0.717) is 5.56 Å². The van der Waals surface area contributed by atoms with Crippen LogP contribution in [0, 0.1) is 0 Å². The average Bonchev–Trinajstić information content (AvgIpc) is 2.53. The van der Waals surface area contributed by atoms with Crippen LogP contribution in [-0.4, -0.2) is 59.5 Å². The Morgan fingerprint density at radius 1 is 1.14 bits per heavy atom. The first kappa shape index (κ1) is 15.3. The number of hydrogen-bond acceptors (Lipinski definition) is 3. The predicted molar refractivity (Wildman–Crippen MR) is 81.1 cm³/mol. The Labute approximate surface area is 124 Å². The van der Waals surface area contributed by atoms with Crippen molar-refractivity contribution in [3.05, 3.63) is 41.5 Å². The molecule has 1 aliphatic rings. The number of carboxylic acids is 1. The van der Waals surface area contributed by atoms with Crippen LogP contribution in [0.15, 0.2) is 30.3 Å². The molecule has 0 aliphatic carbocycles. The van der Waals surface area contributed by atoms with E-state index in [-0.39, 0.29) is 5.91 Å². The number of aliphatic carboxylic acids is 1. The van der Waals surface area contributed by atoms with E-state index < -0.39 is 5.97 Å². The number of benzene rings is 1. The Hall–Kier alpha value is -2.14. The lowest BCUT2D eigenvalue weighted by atomic mass is 10.1. The zero-order valence-corrected chi connectivity index (χ0v) is 12.2. The SMILES string of the molecule is CCN1CCN(C(=O)c2ccc(C=CC(=O)O)cc2)CC1. The number of carbonyl (C=O) groups is 2. The van der Waals surface area contributed by atoms with Crippen LogP contribution in [0.3, 0.4) is 0 Å². The molecule has 2 rings (SSSR count). The van der Waals surface area contributed by atoms with E-state index in [1.54, 1.807) is 24.3 Å². The van der Waals surface area contributed by atoms with E-state index in [0.717, 1.165) is 44.4 Å². The first-order valence-electron chi connectivity index (χ1n) is 7.13. The molecule has 1 aromatic carbocycles. The van der Waals surface area contributed by atoms with Gasteiger partial charge in [0.25, 0.3) is 5.91 Å². The highest BCUT2D eigenvalue weighted by atomic mass is 16.4. The maximum Gasteiger partial charge on any atom is 0.328 e. The van der Waals surface area contributed by atoms with E-state index in [1.807, 2.05) is 4.90 Å². The molecule has 0 atom stereocenters. The molecule has 0 saturated carbocycles.